The lowest BCUT2D eigenvalue weighted by molar-refractivity contribution is -0.118. The van der Waals surface area contributed by atoms with Gasteiger partial charge >= 0.3 is 0 Å². The van der Waals surface area contributed by atoms with E-state index in [2.05, 4.69) is 15.5 Å². The van der Waals surface area contributed by atoms with Gasteiger partial charge in [-0.2, -0.15) is 5.10 Å². The molecule has 0 aliphatic heterocycles. The highest BCUT2D eigenvalue weighted by Gasteiger charge is 2.07. The minimum atomic E-state index is -0.961. The maximum atomic E-state index is 13.0. The second kappa shape index (κ2) is 7.50. The Kier molecular flexibility index (Phi) is 5.17. The van der Waals surface area contributed by atoms with Crippen molar-refractivity contribution in [1.82, 2.24) is 10.4 Å². The number of nitrogens with one attached hydrogen (secondary N) is 1. The summed E-state index contributed by atoms with van der Waals surface area (Å²) in [5.41, 5.74) is 3.60. The van der Waals surface area contributed by atoms with E-state index in [9.17, 15) is 13.6 Å². The molecule has 24 heavy (non-hydrogen) atoms. The number of aromatic nitrogens is 1. The number of carbonyl (C=O) groups excluding carboxylic acids is 1. The van der Waals surface area contributed by atoms with Crippen molar-refractivity contribution in [2.24, 2.45) is 5.10 Å². The number of nitrogens with zero attached hydrogens (tertiary/aromatic N) is 2. The third kappa shape index (κ3) is 4.15. The minimum absolute atomic E-state index is 0.162. The lowest BCUT2D eigenvalue weighted by atomic mass is 10.2. The summed E-state index contributed by atoms with van der Waals surface area (Å²) in [6.07, 6.45) is 1.25. The Morgan fingerprint density at radius 3 is 2.88 bits per heavy atom. The summed E-state index contributed by atoms with van der Waals surface area (Å²) < 4.78 is 27.7. The number of carbonyl (C=O) groups is 1. The highest BCUT2D eigenvalue weighted by molar-refractivity contribution is 8.01. The zero-order valence-electron chi connectivity index (χ0n) is 12.2. The molecule has 0 bridgehead atoms. The molecule has 0 spiro atoms. The Morgan fingerprint density at radius 2 is 2.08 bits per heavy atom. The number of rotatable bonds is 5. The molecule has 0 unspecified atom stereocenters. The van der Waals surface area contributed by atoms with Gasteiger partial charge in [0.2, 0.25) is 0 Å². The second-order valence-corrected chi connectivity index (χ2v) is 6.96. The Bertz CT molecular complexity index is 878. The Balaban J connectivity index is 1.51. The van der Waals surface area contributed by atoms with E-state index < -0.39 is 11.6 Å². The molecule has 0 fully saturated rings. The molecule has 0 aliphatic rings. The van der Waals surface area contributed by atoms with Crippen LogP contribution in [0.1, 0.15) is 5.56 Å². The molecule has 1 amide bonds. The number of hydrogen-bond donors (Lipinski definition) is 1. The lowest BCUT2D eigenvalue weighted by Crippen LogP contribution is -2.19. The maximum Gasteiger partial charge on any atom is 0.250 e. The van der Waals surface area contributed by atoms with E-state index in [1.54, 1.807) is 0 Å². The molecular weight excluding hydrogens is 352 g/mol. The summed E-state index contributed by atoms with van der Waals surface area (Å²) in [5.74, 6) is -2.03. The van der Waals surface area contributed by atoms with Crippen LogP contribution in [0.15, 0.2) is 51.9 Å². The van der Waals surface area contributed by atoms with Crippen LogP contribution in [0.3, 0.4) is 0 Å². The normalized spacial score (nSPS) is 11.2. The number of amides is 1. The number of hydrazone groups is 1. The van der Waals surface area contributed by atoms with Gasteiger partial charge in [-0.25, -0.2) is 19.2 Å². The van der Waals surface area contributed by atoms with Gasteiger partial charge in [0, 0.05) is 0 Å². The first kappa shape index (κ1) is 16.5. The summed E-state index contributed by atoms with van der Waals surface area (Å²) in [6, 6.07) is 11.1. The van der Waals surface area contributed by atoms with Crippen LogP contribution in [-0.2, 0) is 4.79 Å². The Labute approximate surface area is 144 Å². The second-order valence-electron chi connectivity index (χ2n) is 4.70. The van der Waals surface area contributed by atoms with Crippen molar-refractivity contribution in [2.75, 3.05) is 5.75 Å². The van der Waals surface area contributed by atoms with E-state index in [-0.39, 0.29) is 11.7 Å². The van der Waals surface area contributed by atoms with Crippen LogP contribution in [0.25, 0.3) is 10.2 Å². The third-order valence-corrected chi connectivity index (χ3v) is 5.13. The number of benzene rings is 2. The number of halogens is 2. The highest BCUT2D eigenvalue weighted by atomic mass is 32.2. The van der Waals surface area contributed by atoms with Gasteiger partial charge in [-0.15, -0.1) is 11.3 Å². The molecule has 4 nitrogen and oxygen atoms in total. The average Bonchev–Trinajstić information content (AvgIpc) is 2.99. The molecule has 0 saturated carbocycles. The van der Waals surface area contributed by atoms with Gasteiger partial charge in [0.15, 0.2) is 16.0 Å². The van der Waals surface area contributed by atoms with Gasteiger partial charge in [0.25, 0.3) is 5.91 Å². The van der Waals surface area contributed by atoms with E-state index in [0.717, 1.165) is 26.7 Å². The summed E-state index contributed by atoms with van der Waals surface area (Å²) >= 11 is 2.84. The maximum absolute atomic E-state index is 13.0. The van der Waals surface area contributed by atoms with Crippen molar-refractivity contribution >= 4 is 45.4 Å². The molecule has 8 heteroatoms. The van der Waals surface area contributed by atoms with Crippen molar-refractivity contribution in [3.8, 4) is 0 Å². The molecular formula is C16H11F2N3OS2. The van der Waals surface area contributed by atoms with Crippen LogP contribution < -0.4 is 5.43 Å². The van der Waals surface area contributed by atoms with Crippen LogP contribution in [0.5, 0.6) is 0 Å². The molecule has 0 aliphatic carbocycles. The topological polar surface area (TPSA) is 54.4 Å². The standard InChI is InChI=1S/C16H11F2N3OS2/c17-11-6-5-10(7-12(11)18)8-19-21-15(22)9-23-16-20-13-3-1-2-4-14(13)24-16/h1-8H,9H2,(H,21,22)/b19-8+. The van der Waals surface area contributed by atoms with Crippen molar-refractivity contribution in [1.29, 1.82) is 0 Å². The van der Waals surface area contributed by atoms with Crippen LogP contribution in [0, 0.1) is 11.6 Å². The van der Waals surface area contributed by atoms with Gasteiger partial charge in [-0.05, 0) is 29.8 Å². The predicted molar refractivity (Wildman–Crippen MR) is 92.4 cm³/mol. The van der Waals surface area contributed by atoms with E-state index >= 15 is 0 Å². The zero-order valence-corrected chi connectivity index (χ0v) is 13.8. The summed E-state index contributed by atoms with van der Waals surface area (Å²) in [7, 11) is 0. The number of para-hydroxylation sites is 1. The van der Waals surface area contributed by atoms with Crippen molar-refractivity contribution < 1.29 is 13.6 Å². The number of fused-ring (bicyclic) bond motifs is 1. The first-order chi connectivity index (χ1) is 11.6. The Morgan fingerprint density at radius 1 is 1.25 bits per heavy atom. The van der Waals surface area contributed by atoms with Crippen molar-refractivity contribution in [3.63, 3.8) is 0 Å². The van der Waals surface area contributed by atoms with Gasteiger partial charge in [0.05, 0.1) is 22.2 Å². The van der Waals surface area contributed by atoms with Gasteiger partial charge in [0.1, 0.15) is 0 Å². The smallest absolute Gasteiger partial charge is 0.250 e. The van der Waals surface area contributed by atoms with Gasteiger partial charge in [-0.1, -0.05) is 30.0 Å². The minimum Gasteiger partial charge on any atom is -0.272 e. The predicted octanol–water partition coefficient (Wildman–Crippen LogP) is 3.82. The van der Waals surface area contributed by atoms with Crippen LogP contribution in [-0.4, -0.2) is 22.9 Å². The van der Waals surface area contributed by atoms with E-state index in [1.807, 2.05) is 24.3 Å². The van der Waals surface area contributed by atoms with Crippen molar-refractivity contribution in [3.05, 3.63) is 59.7 Å². The van der Waals surface area contributed by atoms with Gasteiger partial charge in [-0.3, -0.25) is 4.79 Å². The largest absolute Gasteiger partial charge is 0.272 e. The first-order valence-corrected chi connectivity index (χ1v) is 8.67. The third-order valence-electron chi connectivity index (χ3n) is 2.95. The molecule has 1 N–H and O–H groups in total. The van der Waals surface area contributed by atoms with Gasteiger partial charge < -0.3 is 0 Å². The average molecular weight is 363 g/mol. The fourth-order valence-corrected chi connectivity index (χ4v) is 3.70. The lowest BCUT2D eigenvalue weighted by Gasteiger charge is -1.98. The number of thioether (sulfide) groups is 1. The summed E-state index contributed by atoms with van der Waals surface area (Å²) in [6.45, 7) is 0. The van der Waals surface area contributed by atoms with E-state index in [4.69, 9.17) is 0 Å². The molecule has 0 radical (unpaired) electrons. The molecule has 0 saturated heterocycles. The molecule has 1 aromatic heterocycles. The van der Waals surface area contributed by atoms with Crippen LogP contribution in [0.4, 0.5) is 8.78 Å². The molecule has 0 atom stereocenters. The summed E-state index contributed by atoms with van der Waals surface area (Å²) in [4.78, 5) is 16.2. The fourth-order valence-electron chi connectivity index (χ4n) is 1.84. The molecule has 3 rings (SSSR count). The zero-order chi connectivity index (χ0) is 16.9. The highest BCUT2D eigenvalue weighted by Crippen LogP contribution is 2.28. The van der Waals surface area contributed by atoms with Crippen LogP contribution in [0.2, 0.25) is 0 Å². The summed E-state index contributed by atoms with van der Waals surface area (Å²) in [5, 5.41) is 3.72. The molecule has 1 heterocycles. The first-order valence-electron chi connectivity index (χ1n) is 6.87. The van der Waals surface area contributed by atoms with E-state index in [1.165, 1.54) is 35.4 Å². The van der Waals surface area contributed by atoms with E-state index in [0.29, 0.717) is 5.56 Å². The fraction of sp³-hybridized carbons (Fsp3) is 0.0625. The SMILES string of the molecule is O=C(CSc1nc2ccccc2s1)N/N=C/c1ccc(F)c(F)c1. The van der Waals surface area contributed by atoms with Crippen LogP contribution >= 0.6 is 23.1 Å². The Hall–Kier alpha value is -2.32. The molecule has 122 valence electrons. The van der Waals surface area contributed by atoms with Crippen molar-refractivity contribution in [2.45, 2.75) is 4.34 Å². The number of hydrogen-bond acceptors (Lipinski definition) is 5. The number of thiazole rings is 1. The molecule has 3 aromatic rings. The quantitative estimate of drug-likeness (QED) is 0.426. The molecule has 2 aromatic carbocycles. The monoisotopic (exact) mass is 363 g/mol.